The monoisotopic (exact) mass is 403 g/mol. The van der Waals surface area contributed by atoms with Gasteiger partial charge >= 0.3 is 11.9 Å². The zero-order valence-electron chi connectivity index (χ0n) is 15.9. The fourth-order valence-corrected chi connectivity index (χ4v) is 6.24. The van der Waals surface area contributed by atoms with E-state index >= 15 is 0 Å². The SMILES string of the molecule is CCOC(=O)c1c(NC(=O)C2C3C=CC(C3)C2C(=O)O)sc2c1CCCCC2. The third-order valence-corrected chi connectivity index (χ3v) is 7.39. The average Bonchev–Trinajstić information content (AvgIpc) is 3.31. The topological polar surface area (TPSA) is 92.7 Å². The number of amides is 1. The summed E-state index contributed by atoms with van der Waals surface area (Å²) in [5.41, 5.74) is 1.47. The lowest BCUT2D eigenvalue weighted by Crippen LogP contribution is -2.36. The van der Waals surface area contributed by atoms with E-state index in [4.69, 9.17) is 4.74 Å². The number of carboxylic acid groups (broad SMARTS) is 1. The Bertz CT molecular complexity index is 842. The van der Waals surface area contributed by atoms with E-state index < -0.39 is 23.8 Å². The molecule has 0 spiro atoms. The maximum atomic E-state index is 13.1. The van der Waals surface area contributed by atoms with Gasteiger partial charge in [-0.05, 0) is 56.4 Å². The number of fused-ring (bicyclic) bond motifs is 3. The highest BCUT2D eigenvalue weighted by atomic mass is 32.1. The number of ether oxygens (including phenoxy) is 1. The minimum absolute atomic E-state index is 0.0464. The van der Waals surface area contributed by atoms with Crippen LogP contribution in [0.2, 0.25) is 0 Å². The van der Waals surface area contributed by atoms with Crippen LogP contribution >= 0.6 is 11.3 Å². The number of nitrogens with one attached hydrogen (secondary N) is 1. The lowest BCUT2D eigenvalue weighted by atomic mass is 9.82. The van der Waals surface area contributed by atoms with Gasteiger partial charge < -0.3 is 15.2 Å². The van der Waals surface area contributed by atoms with E-state index in [2.05, 4.69) is 5.32 Å². The summed E-state index contributed by atoms with van der Waals surface area (Å²) < 4.78 is 5.26. The molecule has 0 radical (unpaired) electrons. The standard InChI is InChI=1S/C21H25NO5S/c1-2-27-21(26)17-13-6-4-3-5-7-14(13)28-19(17)22-18(23)15-11-8-9-12(10-11)16(15)20(24)25/h8-9,11-12,15-16H,2-7,10H2,1H3,(H,22,23)(H,24,25). The van der Waals surface area contributed by atoms with Crippen molar-refractivity contribution in [1.29, 1.82) is 0 Å². The Hall–Kier alpha value is -2.15. The summed E-state index contributed by atoms with van der Waals surface area (Å²) in [6.45, 7) is 2.04. The minimum atomic E-state index is -0.926. The van der Waals surface area contributed by atoms with Crippen molar-refractivity contribution in [3.63, 3.8) is 0 Å². The molecule has 7 heteroatoms. The van der Waals surface area contributed by atoms with Crippen LogP contribution in [0.3, 0.4) is 0 Å². The van der Waals surface area contributed by atoms with Gasteiger partial charge in [-0.25, -0.2) is 4.79 Å². The molecule has 4 unspecified atom stereocenters. The molecule has 150 valence electrons. The molecule has 1 saturated carbocycles. The van der Waals surface area contributed by atoms with Crippen LogP contribution in [-0.2, 0) is 27.2 Å². The zero-order valence-corrected chi connectivity index (χ0v) is 16.7. The molecule has 0 aliphatic heterocycles. The van der Waals surface area contributed by atoms with E-state index in [0.717, 1.165) is 42.5 Å². The summed E-state index contributed by atoms with van der Waals surface area (Å²) >= 11 is 1.45. The molecule has 1 fully saturated rings. The first-order chi connectivity index (χ1) is 13.5. The van der Waals surface area contributed by atoms with E-state index in [1.165, 1.54) is 11.3 Å². The number of hydrogen-bond acceptors (Lipinski definition) is 5. The van der Waals surface area contributed by atoms with E-state index in [0.29, 0.717) is 17.0 Å². The first-order valence-corrected chi connectivity index (χ1v) is 10.9. The molecule has 3 aliphatic rings. The number of aryl methyl sites for hydroxylation is 1. The molecule has 0 saturated heterocycles. The molecule has 28 heavy (non-hydrogen) atoms. The highest BCUT2D eigenvalue weighted by Gasteiger charge is 2.51. The second-order valence-electron chi connectivity index (χ2n) is 7.82. The molecule has 1 aromatic rings. The highest BCUT2D eigenvalue weighted by molar-refractivity contribution is 7.17. The van der Waals surface area contributed by atoms with Crippen LogP contribution in [0, 0.1) is 23.7 Å². The fraction of sp³-hybridized carbons (Fsp3) is 0.571. The lowest BCUT2D eigenvalue weighted by Gasteiger charge is -2.23. The van der Waals surface area contributed by atoms with E-state index in [9.17, 15) is 19.5 Å². The van der Waals surface area contributed by atoms with E-state index in [1.807, 2.05) is 12.2 Å². The number of allylic oxidation sites excluding steroid dienone is 2. The van der Waals surface area contributed by atoms with Gasteiger partial charge in [0.1, 0.15) is 5.00 Å². The van der Waals surface area contributed by atoms with Crippen LogP contribution in [0.4, 0.5) is 5.00 Å². The van der Waals surface area contributed by atoms with Gasteiger partial charge in [-0.3, -0.25) is 9.59 Å². The minimum Gasteiger partial charge on any atom is -0.481 e. The van der Waals surface area contributed by atoms with Gasteiger partial charge in [-0.1, -0.05) is 18.6 Å². The number of carbonyl (C=O) groups is 3. The molecule has 3 aliphatic carbocycles. The summed E-state index contributed by atoms with van der Waals surface area (Å²) in [6.07, 6.45) is 9.52. The van der Waals surface area contributed by atoms with Gasteiger partial charge in [0.15, 0.2) is 0 Å². The Balaban J connectivity index is 1.64. The maximum absolute atomic E-state index is 13.1. The Morgan fingerprint density at radius 2 is 1.86 bits per heavy atom. The molecule has 1 heterocycles. The molecule has 2 bridgehead atoms. The number of aliphatic carboxylic acids is 1. The predicted octanol–water partition coefficient (Wildman–Crippen LogP) is 3.66. The molecule has 4 atom stereocenters. The third-order valence-electron chi connectivity index (χ3n) is 6.18. The van der Waals surface area contributed by atoms with Crippen LogP contribution in [0.25, 0.3) is 0 Å². The zero-order chi connectivity index (χ0) is 19.8. The third kappa shape index (κ3) is 3.26. The second-order valence-corrected chi connectivity index (χ2v) is 8.92. The molecule has 2 N–H and O–H groups in total. The number of carboxylic acids is 1. The Morgan fingerprint density at radius 1 is 1.14 bits per heavy atom. The molecule has 6 nitrogen and oxygen atoms in total. The summed E-state index contributed by atoms with van der Waals surface area (Å²) in [7, 11) is 0. The number of rotatable bonds is 5. The predicted molar refractivity (Wildman–Crippen MR) is 106 cm³/mol. The van der Waals surface area contributed by atoms with E-state index in [1.54, 1.807) is 6.92 Å². The van der Waals surface area contributed by atoms with Crippen LogP contribution in [0.1, 0.15) is 53.4 Å². The Morgan fingerprint density at radius 3 is 2.57 bits per heavy atom. The molecular formula is C21H25NO5S. The molecule has 0 aromatic carbocycles. The molecule has 4 rings (SSSR count). The average molecular weight is 404 g/mol. The maximum Gasteiger partial charge on any atom is 0.341 e. The van der Waals surface area contributed by atoms with Crippen LogP contribution in [-0.4, -0.2) is 29.6 Å². The van der Waals surface area contributed by atoms with Crippen molar-refractivity contribution in [2.45, 2.75) is 45.4 Å². The van der Waals surface area contributed by atoms with Gasteiger partial charge in [-0.15, -0.1) is 11.3 Å². The van der Waals surface area contributed by atoms with E-state index in [-0.39, 0.29) is 24.3 Å². The van der Waals surface area contributed by atoms with Gasteiger partial charge in [0.05, 0.1) is 24.0 Å². The first-order valence-electron chi connectivity index (χ1n) is 10.0. The van der Waals surface area contributed by atoms with Gasteiger partial charge in [0.25, 0.3) is 0 Å². The van der Waals surface area contributed by atoms with Crippen molar-refractivity contribution in [2.75, 3.05) is 11.9 Å². The number of carbonyl (C=O) groups excluding carboxylic acids is 2. The van der Waals surface area contributed by atoms with Crippen LogP contribution in [0.15, 0.2) is 12.2 Å². The van der Waals surface area contributed by atoms with Crippen LogP contribution < -0.4 is 5.32 Å². The van der Waals surface area contributed by atoms with Gasteiger partial charge in [-0.2, -0.15) is 0 Å². The lowest BCUT2D eigenvalue weighted by molar-refractivity contribution is -0.146. The fourth-order valence-electron chi connectivity index (χ4n) is 4.96. The van der Waals surface area contributed by atoms with Crippen molar-refractivity contribution in [3.05, 3.63) is 28.2 Å². The summed E-state index contributed by atoms with van der Waals surface area (Å²) in [5, 5.41) is 13.1. The number of anilines is 1. The van der Waals surface area contributed by atoms with Crippen molar-refractivity contribution >= 4 is 34.2 Å². The van der Waals surface area contributed by atoms with Crippen molar-refractivity contribution < 1.29 is 24.2 Å². The molecular weight excluding hydrogens is 378 g/mol. The summed E-state index contributed by atoms with van der Waals surface area (Å²) in [5.74, 6) is -3.04. The Labute approximate surface area is 168 Å². The van der Waals surface area contributed by atoms with Crippen molar-refractivity contribution in [3.8, 4) is 0 Å². The van der Waals surface area contributed by atoms with Gasteiger partial charge in [0, 0.05) is 4.88 Å². The smallest absolute Gasteiger partial charge is 0.341 e. The summed E-state index contributed by atoms with van der Waals surface area (Å²) in [4.78, 5) is 38.6. The normalized spacial score (nSPS) is 27.9. The summed E-state index contributed by atoms with van der Waals surface area (Å²) in [6, 6.07) is 0. The number of thiophene rings is 1. The number of hydrogen-bond donors (Lipinski definition) is 2. The Kier molecular flexibility index (Phi) is 5.27. The van der Waals surface area contributed by atoms with Gasteiger partial charge in [0.2, 0.25) is 5.91 Å². The van der Waals surface area contributed by atoms with Crippen LogP contribution in [0.5, 0.6) is 0 Å². The quantitative estimate of drug-likeness (QED) is 0.445. The number of esters is 1. The molecule has 1 aromatic heterocycles. The largest absolute Gasteiger partial charge is 0.481 e. The highest BCUT2D eigenvalue weighted by Crippen LogP contribution is 2.49. The molecule has 1 amide bonds. The van der Waals surface area contributed by atoms with Crippen molar-refractivity contribution in [1.82, 2.24) is 0 Å². The second kappa shape index (κ2) is 7.70. The first kappa shape index (κ1) is 19.2. The van der Waals surface area contributed by atoms with Crippen molar-refractivity contribution in [2.24, 2.45) is 23.7 Å².